The molecule has 0 fully saturated rings. The molecule has 0 saturated carbocycles. The minimum Gasteiger partial charge on any atom is -0.336 e. The fourth-order valence-corrected chi connectivity index (χ4v) is 2.30. The number of aryl methyl sites for hydroxylation is 1. The van der Waals surface area contributed by atoms with Gasteiger partial charge in [-0.2, -0.15) is 0 Å². The molecule has 1 atom stereocenters. The third kappa shape index (κ3) is 2.49. The quantitative estimate of drug-likeness (QED) is 0.822. The van der Waals surface area contributed by atoms with Gasteiger partial charge in [-0.15, -0.1) is 11.3 Å². The van der Waals surface area contributed by atoms with Gasteiger partial charge in [0.25, 0.3) is 0 Å². The van der Waals surface area contributed by atoms with Gasteiger partial charge in [-0.3, -0.25) is 0 Å². The van der Waals surface area contributed by atoms with Crippen LogP contribution in [0.5, 0.6) is 0 Å². The Bertz CT molecular complexity index is 421. The van der Waals surface area contributed by atoms with Crippen molar-refractivity contribution in [1.29, 1.82) is 0 Å². The summed E-state index contributed by atoms with van der Waals surface area (Å²) < 4.78 is 2.00. The summed E-state index contributed by atoms with van der Waals surface area (Å²) >= 11 is 1.75. The van der Waals surface area contributed by atoms with E-state index >= 15 is 0 Å². The molecule has 0 aliphatic carbocycles. The Labute approximate surface area is 99.1 Å². The van der Waals surface area contributed by atoms with Gasteiger partial charge < -0.3 is 15.6 Å². The first-order valence-corrected chi connectivity index (χ1v) is 6.11. The molecular formula is C11H16N4S. The van der Waals surface area contributed by atoms with E-state index in [0.29, 0.717) is 6.54 Å². The van der Waals surface area contributed by atoms with Crippen molar-refractivity contribution in [1.82, 2.24) is 14.9 Å². The van der Waals surface area contributed by atoms with E-state index in [2.05, 4.69) is 27.8 Å². The van der Waals surface area contributed by atoms with E-state index in [0.717, 1.165) is 12.2 Å². The number of nitrogens with zero attached hydrogens (tertiary/aromatic N) is 2. The van der Waals surface area contributed by atoms with Crippen LogP contribution in [0.1, 0.15) is 16.6 Å². The molecule has 0 bridgehead atoms. The third-order valence-corrected chi connectivity index (χ3v) is 3.43. The molecule has 86 valence electrons. The summed E-state index contributed by atoms with van der Waals surface area (Å²) in [5.74, 6) is 0. The van der Waals surface area contributed by atoms with E-state index in [4.69, 9.17) is 5.73 Å². The SMILES string of the molecule is Cn1cncc1C(CN)NCc1cccs1. The first kappa shape index (κ1) is 11.3. The molecule has 0 aliphatic heterocycles. The fraction of sp³-hybridized carbons (Fsp3) is 0.364. The molecule has 0 aliphatic rings. The minimum absolute atomic E-state index is 0.162. The van der Waals surface area contributed by atoms with Crippen molar-refractivity contribution in [3.63, 3.8) is 0 Å². The van der Waals surface area contributed by atoms with E-state index in [-0.39, 0.29) is 6.04 Å². The van der Waals surface area contributed by atoms with Crippen molar-refractivity contribution in [2.45, 2.75) is 12.6 Å². The Morgan fingerprint density at radius 1 is 1.62 bits per heavy atom. The molecule has 0 aromatic carbocycles. The zero-order chi connectivity index (χ0) is 11.4. The van der Waals surface area contributed by atoms with Crippen molar-refractivity contribution < 1.29 is 0 Å². The van der Waals surface area contributed by atoms with Gasteiger partial charge >= 0.3 is 0 Å². The standard InChI is InChI=1S/C11H16N4S/c1-15-8-13-7-11(15)10(5-12)14-6-9-3-2-4-16-9/h2-4,7-8,10,14H,5-6,12H2,1H3. The number of aromatic nitrogens is 2. The number of nitrogens with one attached hydrogen (secondary N) is 1. The van der Waals surface area contributed by atoms with E-state index in [1.807, 2.05) is 17.8 Å². The maximum absolute atomic E-state index is 5.77. The van der Waals surface area contributed by atoms with E-state index < -0.39 is 0 Å². The highest BCUT2D eigenvalue weighted by Crippen LogP contribution is 2.13. The van der Waals surface area contributed by atoms with Gasteiger partial charge in [-0.1, -0.05) is 6.07 Å². The molecule has 0 radical (unpaired) electrons. The molecule has 1 unspecified atom stereocenters. The van der Waals surface area contributed by atoms with Crippen LogP contribution in [0.25, 0.3) is 0 Å². The number of hydrogen-bond donors (Lipinski definition) is 2. The lowest BCUT2D eigenvalue weighted by molar-refractivity contribution is 0.518. The van der Waals surface area contributed by atoms with Crippen LogP contribution in [0.4, 0.5) is 0 Å². The third-order valence-electron chi connectivity index (χ3n) is 2.55. The van der Waals surface area contributed by atoms with E-state index in [9.17, 15) is 0 Å². The molecule has 2 aromatic rings. The van der Waals surface area contributed by atoms with Gasteiger partial charge in [-0.05, 0) is 11.4 Å². The first-order valence-electron chi connectivity index (χ1n) is 5.23. The Hall–Kier alpha value is -1.17. The fourth-order valence-electron chi connectivity index (χ4n) is 1.65. The molecule has 0 amide bonds. The maximum atomic E-state index is 5.77. The average molecular weight is 236 g/mol. The van der Waals surface area contributed by atoms with E-state index in [1.54, 1.807) is 17.7 Å². The first-order chi connectivity index (χ1) is 7.81. The van der Waals surface area contributed by atoms with Crippen LogP contribution < -0.4 is 11.1 Å². The summed E-state index contributed by atoms with van der Waals surface area (Å²) in [6, 6.07) is 4.34. The van der Waals surface area contributed by atoms with Crippen LogP contribution in [0.2, 0.25) is 0 Å². The monoisotopic (exact) mass is 236 g/mol. The highest BCUT2D eigenvalue weighted by Gasteiger charge is 2.12. The van der Waals surface area contributed by atoms with Gasteiger partial charge in [-0.25, -0.2) is 4.98 Å². The number of imidazole rings is 1. The van der Waals surface area contributed by atoms with Gasteiger partial charge in [0.2, 0.25) is 0 Å². The number of nitrogens with two attached hydrogens (primary N) is 1. The van der Waals surface area contributed by atoms with Crippen LogP contribution >= 0.6 is 11.3 Å². The lowest BCUT2D eigenvalue weighted by atomic mass is 10.2. The molecule has 4 nitrogen and oxygen atoms in total. The van der Waals surface area contributed by atoms with Gasteiger partial charge in [0.05, 0.1) is 18.1 Å². The second-order valence-corrected chi connectivity index (χ2v) is 4.71. The minimum atomic E-state index is 0.162. The molecule has 5 heteroatoms. The Balaban J connectivity index is 1.99. The average Bonchev–Trinajstić information content (AvgIpc) is 2.92. The lowest BCUT2D eigenvalue weighted by Crippen LogP contribution is -2.29. The number of rotatable bonds is 5. The molecule has 0 spiro atoms. The molecule has 2 rings (SSSR count). The molecule has 3 N–H and O–H groups in total. The summed E-state index contributed by atoms with van der Waals surface area (Å²) in [4.78, 5) is 5.43. The Morgan fingerprint density at radius 3 is 3.06 bits per heavy atom. The normalized spacial score (nSPS) is 12.9. The van der Waals surface area contributed by atoms with Crippen molar-refractivity contribution in [2.75, 3.05) is 6.54 Å². The number of hydrogen-bond acceptors (Lipinski definition) is 4. The molecule has 16 heavy (non-hydrogen) atoms. The van der Waals surface area contributed by atoms with Crippen molar-refractivity contribution in [3.8, 4) is 0 Å². The predicted octanol–water partition coefficient (Wildman–Crippen LogP) is 1.27. The van der Waals surface area contributed by atoms with Gasteiger partial charge in [0.15, 0.2) is 0 Å². The zero-order valence-corrected chi connectivity index (χ0v) is 10.1. The zero-order valence-electron chi connectivity index (χ0n) is 9.26. The van der Waals surface area contributed by atoms with Crippen LogP contribution in [0.3, 0.4) is 0 Å². The van der Waals surface area contributed by atoms with Crippen LogP contribution in [-0.4, -0.2) is 16.1 Å². The molecule has 0 saturated heterocycles. The summed E-state index contributed by atoms with van der Waals surface area (Å²) in [7, 11) is 1.98. The molecule has 2 aromatic heterocycles. The highest BCUT2D eigenvalue weighted by atomic mass is 32.1. The summed E-state index contributed by atoms with van der Waals surface area (Å²) in [6.07, 6.45) is 3.66. The summed E-state index contributed by atoms with van der Waals surface area (Å²) in [6.45, 7) is 1.43. The summed E-state index contributed by atoms with van der Waals surface area (Å²) in [5, 5.41) is 5.52. The second kappa shape index (κ2) is 5.25. The van der Waals surface area contributed by atoms with E-state index in [1.165, 1.54) is 4.88 Å². The largest absolute Gasteiger partial charge is 0.336 e. The van der Waals surface area contributed by atoms with Crippen molar-refractivity contribution in [3.05, 3.63) is 40.6 Å². The smallest absolute Gasteiger partial charge is 0.0946 e. The Kier molecular flexibility index (Phi) is 3.71. The Morgan fingerprint density at radius 2 is 2.50 bits per heavy atom. The number of thiophene rings is 1. The summed E-state index contributed by atoms with van der Waals surface area (Å²) in [5.41, 5.74) is 6.90. The predicted molar refractivity (Wildman–Crippen MR) is 66.2 cm³/mol. The second-order valence-electron chi connectivity index (χ2n) is 3.68. The molecule has 2 heterocycles. The van der Waals surface area contributed by atoms with Gasteiger partial charge in [0.1, 0.15) is 0 Å². The van der Waals surface area contributed by atoms with Crippen LogP contribution in [0.15, 0.2) is 30.0 Å². The van der Waals surface area contributed by atoms with Gasteiger partial charge in [0, 0.05) is 31.2 Å². The highest BCUT2D eigenvalue weighted by molar-refractivity contribution is 7.09. The van der Waals surface area contributed by atoms with Crippen molar-refractivity contribution in [2.24, 2.45) is 12.8 Å². The van der Waals surface area contributed by atoms with Crippen molar-refractivity contribution >= 4 is 11.3 Å². The van der Waals surface area contributed by atoms with Crippen LogP contribution in [0, 0.1) is 0 Å². The maximum Gasteiger partial charge on any atom is 0.0946 e. The van der Waals surface area contributed by atoms with Crippen LogP contribution in [-0.2, 0) is 13.6 Å². The topological polar surface area (TPSA) is 55.9 Å². The lowest BCUT2D eigenvalue weighted by Gasteiger charge is -2.16. The molecular weight excluding hydrogens is 220 g/mol.